The van der Waals surface area contributed by atoms with Gasteiger partial charge in [-0.2, -0.15) is 0 Å². The van der Waals surface area contributed by atoms with Gasteiger partial charge in [-0.05, 0) is 33.8 Å². The zero-order chi connectivity index (χ0) is 9.30. The van der Waals surface area contributed by atoms with Crippen LogP contribution in [0.15, 0.2) is 9.85 Å². The third-order valence-electron chi connectivity index (χ3n) is 1.41. The number of carboxylic acids is 1. The number of halogens is 1. The zero-order valence-electron chi connectivity index (χ0n) is 6.24. The van der Waals surface area contributed by atoms with Gasteiger partial charge in [0.15, 0.2) is 6.10 Å². The highest BCUT2D eigenvalue weighted by Gasteiger charge is 2.21. The molecule has 0 aliphatic heterocycles. The molecule has 0 bridgehead atoms. The molecular weight excluding hydrogens is 244 g/mol. The summed E-state index contributed by atoms with van der Waals surface area (Å²) < 4.78 is 0.683. The van der Waals surface area contributed by atoms with Crippen LogP contribution in [0.3, 0.4) is 0 Å². The van der Waals surface area contributed by atoms with E-state index in [0.717, 1.165) is 5.56 Å². The Morgan fingerprint density at radius 2 is 2.33 bits per heavy atom. The predicted molar refractivity (Wildman–Crippen MR) is 49.4 cm³/mol. The summed E-state index contributed by atoms with van der Waals surface area (Å²) in [6.07, 6.45) is -1.42. The van der Waals surface area contributed by atoms with Crippen molar-refractivity contribution >= 4 is 33.2 Å². The molecule has 0 aromatic carbocycles. The van der Waals surface area contributed by atoms with Crippen LogP contribution >= 0.6 is 27.3 Å². The molecule has 0 radical (unpaired) electrons. The second-order valence-electron chi connectivity index (χ2n) is 2.34. The molecule has 0 saturated heterocycles. The van der Waals surface area contributed by atoms with E-state index in [0.29, 0.717) is 9.35 Å². The second kappa shape index (κ2) is 3.55. The van der Waals surface area contributed by atoms with Gasteiger partial charge < -0.3 is 10.2 Å². The van der Waals surface area contributed by atoms with Crippen LogP contribution in [0.2, 0.25) is 0 Å². The van der Waals surface area contributed by atoms with Crippen molar-refractivity contribution in [2.45, 2.75) is 13.0 Å². The number of hydrogen-bond acceptors (Lipinski definition) is 3. The van der Waals surface area contributed by atoms with Crippen LogP contribution in [-0.4, -0.2) is 16.2 Å². The molecule has 66 valence electrons. The number of hydrogen-bond donors (Lipinski definition) is 2. The van der Waals surface area contributed by atoms with Crippen LogP contribution in [0.5, 0.6) is 0 Å². The summed E-state index contributed by atoms with van der Waals surface area (Å²) in [7, 11) is 0. The maximum atomic E-state index is 10.4. The van der Waals surface area contributed by atoms with Gasteiger partial charge in [0.2, 0.25) is 0 Å². The van der Waals surface area contributed by atoms with E-state index in [-0.39, 0.29) is 0 Å². The Morgan fingerprint density at radius 3 is 2.67 bits per heavy atom. The van der Waals surface area contributed by atoms with Crippen molar-refractivity contribution in [3.8, 4) is 0 Å². The van der Waals surface area contributed by atoms with E-state index in [1.165, 1.54) is 11.3 Å². The minimum atomic E-state index is -1.42. The topological polar surface area (TPSA) is 57.5 Å². The first-order chi connectivity index (χ1) is 5.54. The third kappa shape index (κ3) is 1.68. The first-order valence-corrected chi connectivity index (χ1v) is 4.85. The number of aliphatic carboxylic acids is 1. The fraction of sp³-hybridized carbons (Fsp3) is 0.286. The zero-order valence-corrected chi connectivity index (χ0v) is 8.65. The van der Waals surface area contributed by atoms with Crippen LogP contribution in [-0.2, 0) is 4.79 Å². The van der Waals surface area contributed by atoms with Crippen molar-refractivity contribution in [1.29, 1.82) is 0 Å². The van der Waals surface area contributed by atoms with Crippen LogP contribution < -0.4 is 0 Å². The van der Waals surface area contributed by atoms with Gasteiger partial charge in [0.1, 0.15) is 0 Å². The first-order valence-electron chi connectivity index (χ1n) is 3.18. The van der Waals surface area contributed by atoms with Gasteiger partial charge in [-0.25, -0.2) is 4.79 Å². The number of aliphatic hydroxyl groups is 1. The molecule has 1 rings (SSSR count). The molecule has 2 N–H and O–H groups in total. The Balaban J connectivity index is 3.03. The molecule has 1 heterocycles. The van der Waals surface area contributed by atoms with E-state index < -0.39 is 12.1 Å². The lowest BCUT2D eigenvalue weighted by Gasteiger charge is -2.02. The minimum Gasteiger partial charge on any atom is -0.479 e. The summed E-state index contributed by atoms with van der Waals surface area (Å²) >= 11 is 4.44. The van der Waals surface area contributed by atoms with E-state index >= 15 is 0 Å². The average Bonchev–Trinajstić information content (AvgIpc) is 2.32. The number of rotatable bonds is 2. The Kier molecular flexibility index (Phi) is 2.87. The Morgan fingerprint density at radius 1 is 1.75 bits per heavy atom. The monoisotopic (exact) mass is 250 g/mol. The van der Waals surface area contributed by atoms with E-state index in [2.05, 4.69) is 15.9 Å². The summed E-state index contributed by atoms with van der Waals surface area (Å²) in [5.74, 6) is -1.22. The summed E-state index contributed by atoms with van der Waals surface area (Å²) in [6, 6.07) is 0. The molecule has 3 nitrogen and oxygen atoms in total. The highest BCUT2D eigenvalue weighted by Crippen LogP contribution is 2.32. The molecule has 1 aromatic rings. The molecule has 0 fully saturated rings. The Bertz CT molecular complexity index is 308. The van der Waals surface area contributed by atoms with Crippen molar-refractivity contribution in [2.24, 2.45) is 0 Å². The fourth-order valence-corrected chi connectivity index (χ4v) is 2.43. The largest absolute Gasteiger partial charge is 0.479 e. The van der Waals surface area contributed by atoms with Crippen LogP contribution in [0.25, 0.3) is 0 Å². The molecule has 1 unspecified atom stereocenters. The molecule has 0 saturated carbocycles. The third-order valence-corrected chi connectivity index (χ3v) is 3.88. The fourth-order valence-electron chi connectivity index (χ4n) is 0.746. The second-order valence-corrected chi connectivity index (χ2v) is 4.04. The number of carboxylic acid groups (broad SMARTS) is 1. The smallest absolute Gasteiger partial charge is 0.338 e. The van der Waals surface area contributed by atoms with Crippen molar-refractivity contribution in [3.05, 3.63) is 20.3 Å². The van der Waals surface area contributed by atoms with Crippen LogP contribution in [0.1, 0.15) is 16.5 Å². The maximum absolute atomic E-state index is 10.4. The molecule has 0 spiro atoms. The molecule has 0 amide bonds. The van der Waals surface area contributed by atoms with Gasteiger partial charge in [-0.3, -0.25) is 0 Å². The summed E-state index contributed by atoms with van der Waals surface area (Å²) in [6.45, 7) is 1.85. The SMILES string of the molecule is Cc1csc(C(O)C(=O)O)c1Br. The summed E-state index contributed by atoms with van der Waals surface area (Å²) in [5.41, 5.74) is 0.940. The molecule has 12 heavy (non-hydrogen) atoms. The lowest BCUT2D eigenvalue weighted by Crippen LogP contribution is -2.09. The quantitative estimate of drug-likeness (QED) is 0.844. The molecule has 5 heteroatoms. The van der Waals surface area contributed by atoms with E-state index in [4.69, 9.17) is 5.11 Å². The lowest BCUT2D eigenvalue weighted by molar-refractivity contribution is -0.146. The van der Waals surface area contributed by atoms with Crippen molar-refractivity contribution in [2.75, 3.05) is 0 Å². The van der Waals surface area contributed by atoms with E-state index in [1.54, 1.807) is 5.38 Å². The standard InChI is InChI=1S/C7H7BrO3S/c1-3-2-12-6(4(3)8)5(9)7(10)11/h2,5,9H,1H3,(H,10,11). The number of aliphatic hydroxyl groups excluding tert-OH is 1. The van der Waals surface area contributed by atoms with Gasteiger partial charge in [0.25, 0.3) is 0 Å². The van der Waals surface area contributed by atoms with E-state index in [9.17, 15) is 9.90 Å². The minimum absolute atomic E-state index is 0.444. The number of carbonyl (C=O) groups is 1. The summed E-state index contributed by atoms with van der Waals surface area (Å²) in [4.78, 5) is 10.8. The lowest BCUT2D eigenvalue weighted by atomic mass is 10.2. The Hall–Kier alpha value is -0.390. The van der Waals surface area contributed by atoms with Crippen molar-refractivity contribution < 1.29 is 15.0 Å². The number of thiophene rings is 1. The van der Waals surface area contributed by atoms with E-state index in [1.807, 2.05) is 6.92 Å². The van der Waals surface area contributed by atoms with Gasteiger partial charge >= 0.3 is 5.97 Å². The molecule has 0 aliphatic rings. The van der Waals surface area contributed by atoms with Crippen molar-refractivity contribution in [1.82, 2.24) is 0 Å². The average molecular weight is 251 g/mol. The highest BCUT2D eigenvalue weighted by molar-refractivity contribution is 9.10. The van der Waals surface area contributed by atoms with Crippen LogP contribution in [0, 0.1) is 6.92 Å². The number of aryl methyl sites for hydroxylation is 1. The normalized spacial score (nSPS) is 12.9. The predicted octanol–water partition coefficient (Wildman–Crippen LogP) is 1.94. The summed E-state index contributed by atoms with van der Waals surface area (Å²) in [5, 5.41) is 19.5. The van der Waals surface area contributed by atoms with Gasteiger partial charge in [-0.15, -0.1) is 11.3 Å². The highest BCUT2D eigenvalue weighted by atomic mass is 79.9. The van der Waals surface area contributed by atoms with Gasteiger partial charge in [-0.1, -0.05) is 0 Å². The van der Waals surface area contributed by atoms with Gasteiger partial charge in [0, 0.05) is 4.47 Å². The first kappa shape index (κ1) is 9.70. The van der Waals surface area contributed by atoms with Gasteiger partial charge in [0.05, 0.1) is 4.88 Å². The molecule has 0 aliphatic carbocycles. The molecular formula is C7H7BrO3S. The molecule has 1 aromatic heterocycles. The maximum Gasteiger partial charge on any atom is 0.338 e. The Labute approximate surface area is 81.8 Å². The molecule has 1 atom stereocenters. The van der Waals surface area contributed by atoms with Crippen molar-refractivity contribution in [3.63, 3.8) is 0 Å². The van der Waals surface area contributed by atoms with Crippen LogP contribution in [0.4, 0.5) is 0 Å².